The van der Waals surface area contributed by atoms with Gasteiger partial charge in [-0.25, -0.2) is 4.79 Å². The minimum absolute atomic E-state index is 0.0867. The number of aliphatic hydroxyl groups excluding tert-OH is 1. The summed E-state index contributed by atoms with van der Waals surface area (Å²) in [6.45, 7) is 0.907. The van der Waals surface area contributed by atoms with Gasteiger partial charge in [0.2, 0.25) is 17.7 Å². The second-order valence-corrected chi connectivity index (χ2v) is 7.48. The van der Waals surface area contributed by atoms with Crippen LogP contribution < -0.4 is 16.4 Å². The number of amides is 3. The number of phenolic OH excluding ortho intramolecular Hbond substituents is 1. The monoisotopic (exact) mass is 436 g/mol. The molecule has 1 aromatic carbocycles. The van der Waals surface area contributed by atoms with E-state index in [1.165, 1.54) is 19.1 Å². The SMILES string of the molecule is C[C@H](NC(=O)[C@@H](N)Cc1ccc(O)cc1)C(=O)N[C@@H](CO)C(=O)N1CCC[C@H]1C(=O)O. The van der Waals surface area contributed by atoms with Gasteiger partial charge in [0.25, 0.3) is 0 Å². The number of carbonyl (C=O) groups excluding carboxylic acids is 3. The highest BCUT2D eigenvalue weighted by Gasteiger charge is 2.37. The van der Waals surface area contributed by atoms with E-state index in [2.05, 4.69) is 10.6 Å². The number of benzene rings is 1. The third-order valence-corrected chi connectivity index (χ3v) is 5.10. The van der Waals surface area contributed by atoms with E-state index in [0.29, 0.717) is 12.8 Å². The lowest BCUT2D eigenvalue weighted by atomic mass is 10.1. The van der Waals surface area contributed by atoms with Gasteiger partial charge in [-0.3, -0.25) is 14.4 Å². The molecular formula is C20H28N4O7. The van der Waals surface area contributed by atoms with E-state index < -0.39 is 54.5 Å². The highest BCUT2D eigenvalue weighted by Crippen LogP contribution is 2.18. The fourth-order valence-corrected chi connectivity index (χ4v) is 3.33. The van der Waals surface area contributed by atoms with Crippen molar-refractivity contribution in [1.29, 1.82) is 0 Å². The molecule has 0 spiro atoms. The van der Waals surface area contributed by atoms with E-state index in [-0.39, 0.29) is 18.7 Å². The normalized spacial score (nSPS) is 18.7. The van der Waals surface area contributed by atoms with Crippen molar-refractivity contribution < 1.29 is 34.5 Å². The van der Waals surface area contributed by atoms with E-state index in [4.69, 9.17) is 5.73 Å². The first kappa shape index (κ1) is 24.1. The summed E-state index contributed by atoms with van der Waals surface area (Å²) >= 11 is 0. The molecule has 2 rings (SSSR count). The average molecular weight is 436 g/mol. The zero-order chi connectivity index (χ0) is 23.1. The van der Waals surface area contributed by atoms with Gasteiger partial charge in [0.1, 0.15) is 23.9 Å². The molecule has 0 bridgehead atoms. The van der Waals surface area contributed by atoms with Crippen molar-refractivity contribution >= 4 is 23.7 Å². The second-order valence-electron chi connectivity index (χ2n) is 7.48. The van der Waals surface area contributed by atoms with Gasteiger partial charge in [-0.05, 0) is 43.9 Å². The zero-order valence-corrected chi connectivity index (χ0v) is 17.2. The number of hydrogen-bond acceptors (Lipinski definition) is 7. The van der Waals surface area contributed by atoms with Crippen molar-refractivity contribution in [2.45, 2.75) is 50.4 Å². The minimum atomic E-state index is -1.32. The molecule has 1 aliphatic rings. The molecular weight excluding hydrogens is 408 g/mol. The summed E-state index contributed by atoms with van der Waals surface area (Å²) in [6.07, 6.45) is 1.00. The van der Waals surface area contributed by atoms with Crippen LogP contribution in [0.3, 0.4) is 0 Å². The van der Waals surface area contributed by atoms with Crippen molar-refractivity contribution in [3.63, 3.8) is 0 Å². The van der Waals surface area contributed by atoms with Crippen molar-refractivity contribution in [3.05, 3.63) is 29.8 Å². The number of nitrogens with two attached hydrogens (primary N) is 1. The number of nitrogens with zero attached hydrogens (tertiary/aromatic N) is 1. The van der Waals surface area contributed by atoms with Crippen LogP contribution in [0.15, 0.2) is 24.3 Å². The quantitative estimate of drug-likeness (QED) is 0.265. The first-order valence-corrected chi connectivity index (χ1v) is 9.92. The Balaban J connectivity index is 1.90. The van der Waals surface area contributed by atoms with Crippen LogP contribution in [0.25, 0.3) is 0 Å². The Bertz CT molecular complexity index is 814. The zero-order valence-electron chi connectivity index (χ0n) is 17.2. The van der Waals surface area contributed by atoms with E-state index in [1.54, 1.807) is 12.1 Å². The van der Waals surface area contributed by atoms with E-state index in [1.807, 2.05) is 0 Å². The fourth-order valence-electron chi connectivity index (χ4n) is 3.33. The Hall–Kier alpha value is -3.18. The van der Waals surface area contributed by atoms with Crippen LogP contribution in [0.1, 0.15) is 25.3 Å². The first-order chi connectivity index (χ1) is 14.6. The molecule has 0 aromatic heterocycles. The number of likely N-dealkylation sites (tertiary alicyclic amines) is 1. The van der Waals surface area contributed by atoms with Crippen LogP contribution in [0, 0.1) is 0 Å². The number of carboxylic acids is 1. The maximum Gasteiger partial charge on any atom is 0.326 e. The fraction of sp³-hybridized carbons (Fsp3) is 0.500. The number of aliphatic carboxylic acids is 1. The van der Waals surface area contributed by atoms with Gasteiger partial charge in [0.15, 0.2) is 0 Å². The van der Waals surface area contributed by atoms with Gasteiger partial charge in [-0.1, -0.05) is 12.1 Å². The van der Waals surface area contributed by atoms with Gasteiger partial charge in [-0.2, -0.15) is 0 Å². The molecule has 1 fully saturated rings. The predicted molar refractivity (Wildman–Crippen MR) is 109 cm³/mol. The van der Waals surface area contributed by atoms with Crippen LogP contribution in [-0.4, -0.2) is 81.2 Å². The molecule has 11 heteroatoms. The minimum Gasteiger partial charge on any atom is -0.508 e. The summed E-state index contributed by atoms with van der Waals surface area (Å²) in [5, 5.41) is 32.8. The Kier molecular flexibility index (Phi) is 8.34. The first-order valence-electron chi connectivity index (χ1n) is 9.92. The Labute approximate surface area is 179 Å². The number of carboxylic acid groups (broad SMARTS) is 1. The van der Waals surface area contributed by atoms with Crippen LogP contribution in [-0.2, 0) is 25.6 Å². The Morgan fingerprint density at radius 3 is 2.39 bits per heavy atom. The third-order valence-electron chi connectivity index (χ3n) is 5.10. The largest absolute Gasteiger partial charge is 0.508 e. The van der Waals surface area contributed by atoms with Crippen molar-refractivity contribution in [3.8, 4) is 5.75 Å². The number of carbonyl (C=O) groups is 4. The summed E-state index contributed by atoms with van der Waals surface area (Å²) in [5.41, 5.74) is 6.60. The van der Waals surface area contributed by atoms with Gasteiger partial charge < -0.3 is 36.6 Å². The lowest BCUT2D eigenvalue weighted by molar-refractivity contribution is -0.150. The molecule has 3 amide bonds. The second kappa shape index (κ2) is 10.7. The number of rotatable bonds is 9. The van der Waals surface area contributed by atoms with Crippen LogP contribution in [0.4, 0.5) is 0 Å². The standard InChI is InChI=1S/C20H28N4O7/c1-11(22-18(28)14(21)9-12-4-6-13(26)7-5-12)17(27)23-15(10-25)19(29)24-8-2-3-16(24)20(30)31/h4-7,11,14-16,25-26H,2-3,8-10,21H2,1H3,(H,22,28)(H,23,27)(H,30,31)/t11-,14-,15-,16-/m0/s1. The van der Waals surface area contributed by atoms with E-state index in [0.717, 1.165) is 10.5 Å². The van der Waals surface area contributed by atoms with Crippen molar-refractivity contribution in [2.75, 3.05) is 13.2 Å². The summed E-state index contributed by atoms with van der Waals surface area (Å²) in [7, 11) is 0. The molecule has 1 saturated heterocycles. The highest BCUT2D eigenvalue weighted by atomic mass is 16.4. The molecule has 0 unspecified atom stereocenters. The molecule has 170 valence electrons. The van der Waals surface area contributed by atoms with Gasteiger partial charge in [0.05, 0.1) is 12.6 Å². The summed E-state index contributed by atoms with van der Waals surface area (Å²) in [4.78, 5) is 49.7. The number of aliphatic hydroxyl groups is 1. The summed E-state index contributed by atoms with van der Waals surface area (Å²) < 4.78 is 0. The lowest BCUT2D eigenvalue weighted by Gasteiger charge is -2.27. The van der Waals surface area contributed by atoms with E-state index >= 15 is 0 Å². The predicted octanol–water partition coefficient (Wildman–Crippen LogP) is -1.68. The number of phenols is 1. The van der Waals surface area contributed by atoms with Crippen LogP contribution >= 0.6 is 0 Å². The number of hydrogen-bond donors (Lipinski definition) is 6. The molecule has 1 aliphatic heterocycles. The summed E-state index contributed by atoms with van der Waals surface area (Å²) in [5.74, 6) is -3.05. The smallest absolute Gasteiger partial charge is 0.326 e. The number of aromatic hydroxyl groups is 1. The van der Waals surface area contributed by atoms with Gasteiger partial charge in [0, 0.05) is 6.54 Å². The van der Waals surface area contributed by atoms with Gasteiger partial charge >= 0.3 is 5.97 Å². The van der Waals surface area contributed by atoms with Crippen LogP contribution in [0.5, 0.6) is 5.75 Å². The molecule has 31 heavy (non-hydrogen) atoms. The molecule has 1 aromatic rings. The molecule has 0 aliphatic carbocycles. The Morgan fingerprint density at radius 1 is 1.16 bits per heavy atom. The molecule has 0 radical (unpaired) electrons. The van der Waals surface area contributed by atoms with Crippen molar-refractivity contribution in [2.24, 2.45) is 5.73 Å². The third kappa shape index (κ3) is 6.40. The van der Waals surface area contributed by atoms with Crippen LogP contribution in [0.2, 0.25) is 0 Å². The maximum atomic E-state index is 12.6. The average Bonchev–Trinajstić information content (AvgIpc) is 3.23. The number of nitrogens with one attached hydrogen (secondary N) is 2. The maximum absolute atomic E-state index is 12.6. The van der Waals surface area contributed by atoms with Gasteiger partial charge in [-0.15, -0.1) is 0 Å². The molecule has 4 atom stereocenters. The summed E-state index contributed by atoms with van der Waals surface area (Å²) in [6, 6.07) is 1.88. The molecule has 0 saturated carbocycles. The topological polar surface area (TPSA) is 182 Å². The van der Waals surface area contributed by atoms with Crippen molar-refractivity contribution in [1.82, 2.24) is 15.5 Å². The van der Waals surface area contributed by atoms with E-state index in [9.17, 15) is 34.5 Å². The molecule has 1 heterocycles. The molecule has 7 N–H and O–H groups in total. The Morgan fingerprint density at radius 2 is 1.81 bits per heavy atom. The lowest BCUT2D eigenvalue weighted by Crippen LogP contribution is -2.57. The highest BCUT2D eigenvalue weighted by molar-refractivity contribution is 5.94. The molecule has 11 nitrogen and oxygen atoms in total.